The van der Waals surface area contributed by atoms with Gasteiger partial charge in [-0.1, -0.05) is 75.7 Å². The number of halogens is 4. The van der Waals surface area contributed by atoms with Crippen molar-refractivity contribution in [1.29, 1.82) is 0 Å². The molecule has 0 radical (unpaired) electrons. The van der Waals surface area contributed by atoms with Crippen LogP contribution >= 0.6 is 0 Å². The van der Waals surface area contributed by atoms with Gasteiger partial charge in [0.1, 0.15) is 40.2 Å². The standard InChI is InChI=1S/C41H57F4N5O4.C3H8.2C2H6/c1-8-48(9-2)21-14-23-51-32-27-36-39(38(29-32)53-25-15-22-49(10-3)11-4)46-40(50(36)12-5)33-18-16-31(28-37(33)52-24-13-20-47(6)7)54-30-17-19-35(42)34(26-30)41(43,44)45;1-3-2;2*1-2/h16-19,26-29H,8-15,20-25H2,1-7H3;3H2,1-2H3;2*1-2H3. The highest BCUT2D eigenvalue weighted by Crippen LogP contribution is 2.40. The fourth-order valence-corrected chi connectivity index (χ4v) is 6.27. The first-order valence-electron chi connectivity index (χ1n) is 22.5. The summed E-state index contributed by atoms with van der Waals surface area (Å²) in [6.45, 7) is 31.5. The SMILES string of the molecule is CC.CC.CCC.CCN(CC)CCCOc1cc(OCCCN(CC)CC)c2nc(-c3ccc(Oc4ccc(F)c(C(F)(F)F)c4)cc3OCCCN(C)C)n(CC)c2c1. The fraction of sp³-hybridized carbons (Fsp3) is 0.604. The molecule has 0 amide bonds. The molecule has 346 valence electrons. The van der Waals surface area contributed by atoms with Gasteiger partial charge >= 0.3 is 6.18 Å². The lowest BCUT2D eigenvalue weighted by molar-refractivity contribution is -0.140. The minimum Gasteiger partial charge on any atom is -0.493 e. The molecule has 0 saturated heterocycles. The van der Waals surface area contributed by atoms with Crippen LogP contribution in [0.4, 0.5) is 17.6 Å². The number of fused-ring (bicyclic) bond motifs is 1. The molecule has 3 aromatic carbocycles. The van der Waals surface area contributed by atoms with Crippen LogP contribution in [0.15, 0.2) is 48.5 Å². The van der Waals surface area contributed by atoms with E-state index < -0.39 is 17.6 Å². The van der Waals surface area contributed by atoms with E-state index >= 15 is 0 Å². The molecule has 0 bridgehead atoms. The molecule has 0 atom stereocenters. The van der Waals surface area contributed by atoms with Crippen LogP contribution in [-0.2, 0) is 12.7 Å². The number of aryl methyl sites for hydroxylation is 1. The second kappa shape index (κ2) is 30.1. The van der Waals surface area contributed by atoms with E-state index in [9.17, 15) is 17.6 Å². The molecule has 0 saturated carbocycles. The molecule has 0 aliphatic rings. The van der Waals surface area contributed by atoms with Crippen LogP contribution in [-0.4, -0.2) is 104 Å². The van der Waals surface area contributed by atoms with Crippen LogP contribution in [0.25, 0.3) is 22.4 Å². The van der Waals surface area contributed by atoms with Gasteiger partial charge < -0.3 is 38.2 Å². The second-order valence-electron chi connectivity index (χ2n) is 14.0. The normalized spacial score (nSPS) is 11.1. The van der Waals surface area contributed by atoms with E-state index in [4.69, 9.17) is 23.9 Å². The Hall–Kier alpha value is -4.07. The molecule has 1 heterocycles. The van der Waals surface area contributed by atoms with Gasteiger partial charge in [0.25, 0.3) is 0 Å². The van der Waals surface area contributed by atoms with E-state index in [1.54, 1.807) is 18.2 Å². The Morgan fingerprint density at radius 2 is 1.11 bits per heavy atom. The molecular weight excluding hydrogens is 787 g/mol. The highest BCUT2D eigenvalue weighted by atomic mass is 19.4. The smallest absolute Gasteiger partial charge is 0.419 e. The van der Waals surface area contributed by atoms with Crippen molar-refractivity contribution in [3.05, 3.63) is 59.9 Å². The highest BCUT2D eigenvalue weighted by molar-refractivity contribution is 5.88. The lowest BCUT2D eigenvalue weighted by atomic mass is 10.1. The number of alkyl halides is 3. The largest absolute Gasteiger partial charge is 0.493 e. The molecule has 0 aliphatic carbocycles. The topological polar surface area (TPSA) is 64.5 Å². The molecule has 0 N–H and O–H groups in total. The van der Waals surface area contributed by atoms with Crippen molar-refractivity contribution in [2.24, 2.45) is 0 Å². The summed E-state index contributed by atoms with van der Waals surface area (Å²) in [5.74, 6) is 1.13. The molecule has 0 fully saturated rings. The predicted octanol–water partition coefficient (Wildman–Crippen LogP) is 12.7. The number of hydrogen-bond acceptors (Lipinski definition) is 8. The molecule has 13 heteroatoms. The van der Waals surface area contributed by atoms with E-state index in [0.717, 1.165) is 76.7 Å². The van der Waals surface area contributed by atoms with Gasteiger partial charge in [0.15, 0.2) is 5.75 Å². The zero-order valence-electron chi connectivity index (χ0n) is 39.6. The van der Waals surface area contributed by atoms with E-state index in [0.29, 0.717) is 66.6 Å². The van der Waals surface area contributed by atoms with Crippen LogP contribution < -0.4 is 18.9 Å². The summed E-state index contributed by atoms with van der Waals surface area (Å²) in [7, 11) is 3.96. The molecule has 9 nitrogen and oxygen atoms in total. The van der Waals surface area contributed by atoms with Crippen LogP contribution in [0.5, 0.6) is 28.7 Å². The first-order valence-corrected chi connectivity index (χ1v) is 22.5. The van der Waals surface area contributed by atoms with Crippen molar-refractivity contribution < 1.29 is 36.5 Å². The fourth-order valence-electron chi connectivity index (χ4n) is 6.27. The zero-order valence-corrected chi connectivity index (χ0v) is 39.6. The summed E-state index contributed by atoms with van der Waals surface area (Å²) >= 11 is 0. The number of ether oxygens (including phenoxy) is 4. The van der Waals surface area contributed by atoms with Gasteiger partial charge in [-0.3, -0.25) is 0 Å². The molecule has 1 aromatic heterocycles. The van der Waals surface area contributed by atoms with Crippen molar-refractivity contribution >= 4 is 11.0 Å². The molecular formula is C48H77F4N5O4. The number of imidazole rings is 1. The third-order valence-corrected chi connectivity index (χ3v) is 9.34. The van der Waals surface area contributed by atoms with Crippen LogP contribution in [0.3, 0.4) is 0 Å². The summed E-state index contributed by atoms with van der Waals surface area (Å²) in [6.07, 6.45) is -1.15. The summed E-state index contributed by atoms with van der Waals surface area (Å²) in [5.41, 5.74) is 0.814. The number of nitrogens with zero attached hydrogens (tertiary/aromatic N) is 5. The van der Waals surface area contributed by atoms with Crippen LogP contribution in [0.2, 0.25) is 0 Å². The molecule has 0 unspecified atom stereocenters. The van der Waals surface area contributed by atoms with Gasteiger partial charge in [-0.05, 0) is 96.8 Å². The lowest BCUT2D eigenvalue weighted by Crippen LogP contribution is -2.25. The lowest BCUT2D eigenvalue weighted by Gasteiger charge is -2.18. The van der Waals surface area contributed by atoms with Gasteiger partial charge in [0.2, 0.25) is 0 Å². The predicted molar refractivity (Wildman–Crippen MR) is 245 cm³/mol. The highest BCUT2D eigenvalue weighted by Gasteiger charge is 2.34. The van der Waals surface area contributed by atoms with Gasteiger partial charge in [0, 0.05) is 44.4 Å². The number of rotatable bonds is 23. The van der Waals surface area contributed by atoms with Crippen molar-refractivity contribution in [3.63, 3.8) is 0 Å². The van der Waals surface area contributed by atoms with Gasteiger partial charge in [-0.2, -0.15) is 13.2 Å². The molecule has 0 aliphatic heterocycles. The molecule has 0 spiro atoms. The minimum atomic E-state index is -4.86. The summed E-state index contributed by atoms with van der Waals surface area (Å²) in [5, 5.41) is 0. The quantitative estimate of drug-likeness (QED) is 0.0540. The Balaban J connectivity index is 0.00000250. The zero-order chi connectivity index (χ0) is 46.0. The van der Waals surface area contributed by atoms with Crippen molar-refractivity contribution in [3.8, 4) is 40.1 Å². The van der Waals surface area contributed by atoms with Crippen LogP contribution in [0.1, 0.15) is 107 Å². The first-order chi connectivity index (χ1) is 29.3. The van der Waals surface area contributed by atoms with E-state index in [-0.39, 0.29) is 11.5 Å². The number of hydrogen-bond donors (Lipinski definition) is 0. The average molecular weight is 864 g/mol. The Labute approximate surface area is 365 Å². The molecule has 4 rings (SSSR count). The van der Waals surface area contributed by atoms with E-state index in [1.165, 1.54) is 12.5 Å². The second-order valence-corrected chi connectivity index (χ2v) is 14.0. The number of benzene rings is 3. The summed E-state index contributed by atoms with van der Waals surface area (Å²) in [4.78, 5) is 11.9. The van der Waals surface area contributed by atoms with Gasteiger partial charge in [-0.15, -0.1) is 0 Å². The van der Waals surface area contributed by atoms with Crippen molar-refractivity contribution in [2.45, 2.75) is 115 Å². The van der Waals surface area contributed by atoms with Crippen molar-refractivity contribution in [1.82, 2.24) is 24.3 Å². The van der Waals surface area contributed by atoms with E-state index in [1.807, 2.05) is 60.8 Å². The van der Waals surface area contributed by atoms with Crippen molar-refractivity contribution in [2.75, 3.05) is 79.7 Å². The monoisotopic (exact) mass is 864 g/mol. The summed E-state index contributed by atoms with van der Waals surface area (Å²) < 4.78 is 81.3. The average Bonchev–Trinajstić information content (AvgIpc) is 3.63. The third-order valence-electron chi connectivity index (χ3n) is 9.34. The van der Waals surface area contributed by atoms with E-state index in [2.05, 4.69) is 60.8 Å². The first kappa shape index (κ1) is 54.9. The maximum Gasteiger partial charge on any atom is 0.419 e. The maximum atomic E-state index is 14.0. The molecule has 61 heavy (non-hydrogen) atoms. The third kappa shape index (κ3) is 18.1. The maximum absolute atomic E-state index is 14.0. The Kier molecular flexibility index (Phi) is 27.1. The number of aromatic nitrogens is 2. The summed E-state index contributed by atoms with van der Waals surface area (Å²) in [6, 6.07) is 11.6. The Morgan fingerprint density at radius 3 is 1.64 bits per heavy atom. The van der Waals surface area contributed by atoms with Gasteiger partial charge in [-0.25, -0.2) is 9.37 Å². The van der Waals surface area contributed by atoms with Gasteiger partial charge in [0.05, 0.1) is 36.5 Å². The minimum absolute atomic E-state index is 0.150. The Bertz CT molecular complexity index is 1780. The molecule has 4 aromatic rings. The Morgan fingerprint density at radius 1 is 0.623 bits per heavy atom. The van der Waals surface area contributed by atoms with Crippen LogP contribution in [0, 0.1) is 5.82 Å².